The van der Waals surface area contributed by atoms with E-state index < -0.39 is 0 Å². The van der Waals surface area contributed by atoms with Gasteiger partial charge >= 0.3 is 0 Å². The first-order valence-electron chi connectivity index (χ1n) is 15.2. The summed E-state index contributed by atoms with van der Waals surface area (Å²) in [4.78, 5) is 2.45. The molecule has 45 heavy (non-hydrogen) atoms. The van der Waals surface area contributed by atoms with E-state index in [1.165, 1.54) is 25.7 Å². The average molecular weight is 594 g/mol. The predicted octanol–water partition coefficient (Wildman–Crippen LogP) is 12.8. The first kappa shape index (κ1) is 25.8. The molecule has 0 radical (unpaired) electrons. The van der Waals surface area contributed by atoms with Crippen molar-refractivity contribution in [3.63, 3.8) is 0 Å². The lowest BCUT2D eigenvalue weighted by Gasteiger charge is -2.30. The van der Waals surface area contributed by atoms with Gasteiger partial charge in [-0.2, -0.15) is 0 Å². The van der Waals surface area contributed by atoms with E-state index >= 15 is 0 Å². The molecule has 0 bridgehead atoms. The van der Waals surface area contributed by atoms with Crippen LogP contribution in [0, 0.1) is 0 Å². The van der Waals surface area contributed by atoms with Crippen LogP contribution in [0.4, 0.5) is 17.1 Å². The van der Waals surface area contributed by atoms with Gasteiger partial charge in [0.15, 0.2) is 5.58 Å². The average Bonchev–Trinajstić information content (AvgIpc) is 3.69. The van der Waals surface area contributed by atoms with Gasteiger partial charge in [-0.1, -0.05) is 133 Å². The molecule has 0 fully saturated rings. The van der Waals surface area contributed by atoms with Crippen LogP contribution in [0.2, 0.25) is 0 Å². The fourth-order valence-corrected chi connectivity index (χ4v) is 7.86. The number of furan rings is 1. The second kappa shape index (κ2) is 10.5. The zero-order valence-electron chi connectivity index (χ0n) is 24.4. The van der Waals surface area contributed by atoms with E-state index in [2.05, 4.69) is 163 Å². The van der Waals surface area contributed by atoms with Crippen molar-refractivity contribution in [3.8, 4) is 22.3 Å². The summed E-state index contributed by atoms with van der Waals surface area (Å²) >= 11 is 1.85. The maximum Gasteiger partial charge on any atom is 0.160 e. The number of anilines is 3. The van der Waals surface area contributed by atoms with Gasteiger partial charge in [0.2, 0.25) is 0 Å². The van der Waals surface area contributed by atoms with E-state index in [0.29, 0.717) is 0 Å². The van der Waals surface area contributed by atoms with Crippen LogP contribution in [0.3, 0.4) is 0 Å². The quantitative estimate of drug-likeness (QED) is 0.197. The lowest BCUT2D eigenvalue weighted by Crippen LogP contribution is -2.13. The summed E-state index contributed by atoms with van der Waals surface area (Å²) in [6.07, 6.45) is 0. The molecule has 0 aliphatic carbocycles. The minimum absolute atomic E-state index is 0.874. The summed E-state index contributed by atoms with van der Waals surface area (Å²) in [6, 6.07) is 58.3. The monoisotopic (exact) mass is 593 g/mol. The van der Waals surface area contributed by atoms with Gasteiger partial charge in [-0.05, 0) is 41.5 Å². The van der Waals surface area contributed by atoms with Gasteiger partial charge in [0.05, 0.1) is 21.8 Å². The Morgan fingerprint density at radius 1 is 0.422 bits per heavy atom. The largest absolute Gasteiger partial charge is 0.454 e. The van der Waals surface area contributed by atoms with Crippen molar-refractivity contribution in [1.29, 1.82) is 0 Å². The van der Waals surface area contributed by atoms with Gasteiger partial charge in [0, 0.05) is 37.4 Å². The smallest absolute Gasteiger partial charge is 0.160 e. The van der Waals surface area contributed by atoms with Crippen molar-refractivity contribution < 1.29 is 4.42 Å². The van der Waals surface area contributed by atoms with Crippen molar-refractivity contribution in [2.75, 3.05) is 4.90 Å². The minimum atomic E-state index is 0.874. The summed E-state index contributed by atoms with van der Waals surface area (Å²) in [7, 11) is 0. The molecule has 2 aromatic heterocycles. The molecule has 0 unspecified atom stereocenters. The number of fused-ring (bicyclic) bond motifs is 6. The molecule has 0 N–H and O–H groups in total. The molecule has 0 atom stereocenters. The molecule has 0 spiro atoms. The molecule has 0 saturated heterocycles. The van der Waals surface area contributed by atoms with Gasteiger partial charge in [-0.25, -0.2) is 0 Å². The van der Waals surface area contributed by atoms with Crippen LogP contribution in [-0.4, -0.2) is 0 Å². The van der Waals surface area contributed by atoms with Crippen LogP contribution in [0.15, 0.2) is 168 Å². The summed E-state index contributed by atoms with van der Waals surface area (Å²) in [5, 5.41) is 4.75. The lowest BCUT2D eigenvalue weighted by atomic mass is 9.97. The minimum Gasteiger partial charge on any atom is -0.454 e. The highest BCUT2D eigenvalue weighted by Gasteiger charge is 2.27. The summed E-state index contributed by atoms with van der Waals surface area (Å²) in [6.45, 7) is 0. The van der Waals surface area contributed by atoms with Crippen LogP contribution in [0.25, 0.3) is 64.4 Å². The Morgan fingerprint density at radius 2 is 1.04 bits per heavy atom. The molecule has 2 heterocycles. The normalized spacial score (nSPS) is 11.6. The second-order valence-corrected chi connectivity index (χ2v) is 12.3. The Labute approximate surface area is 265 Å². The molecule has 2 nitrogen and oxygen atoms in total. The highest BCUT2D eigenvalue weighted by Crippen LogP contribution is 2.52. The van der Waals surface area contributed by atoms with Crippen molar-refractivity contribution in [3.05, 3.63) is 164 Å². The standard InChI is InChI=1S/C42H27NOS/c1-3-14-28(15-4-1)30-18-7-10-22-36(30)43(37-23-13-21-35-33-20-9-12-25-39(33)45-42(35)37)40-31(29-16-5-2-6-17-29)26-27-34-32-19-8-11-24-38(32)44-41(34)40/h1-27H. The zero-order chi connectivity index (χ0) is 29.7. The van der Waals surface area contributed by atoms with E-state index in [-0.39, 0.29) is 0 Å². The Bertz CT molecular complexity index is 2490. The number of para-hydroxylation sites is 2. The highest BCUT2D eigenvalue weighted by molar-refractivity contribution is 7.26. The summed E-state index contributed by atoms with van der Waals surface area (Å²) < 4.78 is 9.37. The highest BCUT2D eigenvalue weighted by atomic mass is 32.1. The maximum atomic E-state index is 6.85. The summed E-state index contributed by atoms with van der Waals surface area (Å²) in [5.74, 6) is 0. The number of rotatable bonds is 5. The van der Waals surface area contributed by atoms with Crippen LogP contribution >= 0.6 is 11.3 Å². The van der Waals surface area contributed by atoms with E-state index in [0.717, 1.165) is 55.7 Å². The van der Waals surface area contributed by atoms with Gasteiger partial charge in [-0.3, -0.25) is 0 Å². The van der Waals surface area contributed by atoms with Crippen molar-refractivity contribution >= 4 is 70.5 Å². The number of hydrogen-bond donors (Lipinski definition) is 0. The second-order valence-electron chi connectivity index (χ2n) is 11.3. The lowest BCUT2D eigenvalue weighted by molar-refractivity contribution is 0.669. The molecule has 9 rings (SSSR count). The van der Waals surface area contributed by atoms with E-state index in [9.17, 15) is 0 Å². The Balaban J connectivity index is 1.46. The molecule has 9 aromatic rings. The Hall–Kier alpha value is -5.64. The molecule has 0 aliphatic rings. The molecule has 0 saturated carbocycles. The SMILES string of the molecule is c1ccc(-c2ccccc2N(c2c(-c3ccccc3)ccc3c2oc2ccccc23)c2cccc3c2sc2ccccc23)cc1. The zero-order valence-corrected chi connectivity index (χ0v) is 25.2. The number of benzene rings is 7. The Morgan fingerprint density at radius 3 is 1.87 bits per heavy atom. The number of nitrogens with zero attached hydrogens (tertiary/aromatic N) is 1. The van der Waals surface area contributed by atoms with Gasteiger partial charge in [0.25, 0.3) is 0 Å². The first-order valence-corrected chi connectivity index (χ1v) is 16.0. The topological polar surface area (TPSA) is 16.4 Å². The third-order valence-electron chi connectivity index (χ3n) is 8.68. The number of hydrogen-bond acceptors (Lipinski definition) is 3. The van der Waals surface area contributed by atoms with Gasteiger partial charge in [0.1, 0.15) is 5.58 Å². The maximum absolute atomic E-state index is 6.85. The van der Waals surface area contributed by atoms with Gasteiger partial charge < -0.3 is 9.32 Å². The fraction of sp³-hybridized carbons (Fsp3) is 0. The predicted molar refractivity (Wildman–Crippen MR) is 192 cm³/mol. The Kier molecular flexibility index (Phi) is 6.03. The van der Waals surface area contributed by atoms with Crippen molar-refractivity contribution in [2.45, 2.75) is 0 Å². The van der Waals surface area contributed by atoms with Crippen molar-refractivity contribution in [1.82, 2.24) is 0 Å². The van der Waals surface area contributed by atoms with Gasteiger partial charge in [-0.15, -0.1) is 11.3 Å². The van der Waals surface area contributed by atoms with E-state index in [4.69, 9.17) is 4.42 Å². The van der Waals surface area contributed by atoms with Crippen LogP contribution in [0.1, 0.15) is 0 Å². The molecular formula is C42H27NOS. The summed E-state index contributed by atoms with van der Waals surface area (Å²) in [5.41, 5.74) is 9.59. The molecule has 3 heteroatoms. The molecule has 0 amide bonds. The molecule has 212 valence electrons. The van der Waals surface area contributed by atoms with Crippen LogP contribution in [-0.2, 0) is 0 Å². The van der Waals surface area contributed by atoms with Crippen LogP contribution in [0.5, 0.6) is 0 Å². The molecular weight excluding hydrogens is 567 g/mol. The molecule has 0 aliphatic heterocycles. The third-order valence-corrected chi connectivity index (χ3v) is 9.89. The molecule has 7 aromatic carbocycles. The third kappa shape index (κ3) is 4.16. The van der Waals surface area contributed by atoms with Crippen LogP contribution < -0.4 is 4.90 Å². The van der Waals surface area contributed by atoms with E-state index in [1.54, 1.807) is 0 Å². The number of thiophene rings is 1. The fourth-order valence-electron chi connectivity index (χ4n) is 6.66. The first-order chi connectivity index (χ1) is 22.3. The van der Waals surface area contributed by atoms with E-state index in [1.807, 2.05) is 17.4 Å². The van der Waals surface area contributed by atoms with Crippen molar-refractivity contribution in [2.24, 2.45) is 0 Å².